The van der Waals surface area contributed by atoms with Crippen LogP contribution in [-0.2, 0) is 11.3 Å². The molecule has 3 nitrogen and oxygen atoms in total. The van der Waals surface area contributed by atoms with Crippen LogP contribution in [0.1, 0.15) is 5.56 Å². The van der Waals surface area contributed by atoms with Crippen LogP contribution < -0.4 is 10.6 Å². The lowest BCUT2D eigenvalue weighted by Gasteiger charge is -2.09. The predicted octanol–water partition coefficient (Wildman–Crippen LogP) is 3.83. The van der Waals surface area contributed by atoms with E-state index in [1.165, 1.54) is 0 Å². The zero-order valence-electron chi connectivity index (χ0n) is 10.7. The van der Waals surface area contributed by atoms with Gasteiger partial charge in [-0.3, -0.25) is 4.79 Å². The van der Waals surface area contributed by atoms with Gasteiger partial charge in [-0.05, 0) is 39.7 Å². The fourth-order valence-electron chi connectivity index (χ4n) is 1.71. The number of benzene rings is 2. The molecule has 0 aromatic heterocycles. The Balaban J connectivity index is 1.82. The normalized spacial score (nSPS) is 10.3. The maximum atomic E-state index is 11.8. The predicted molar refractivity (Wildman–Crippen MR) is 85.9 cm³/mol. The van der Waals surface area contributed by atoms with Gasteiger partial charge in [-0.1, -0.05) is 41.9 Å². The van der Waals surface area contributed by atoms with Crippen molar-refractivity contribution in [2.24, 2.45) is 0 Å². The summed E-state index contributed by atoms with van der Waals surface area (Å²) in [6, 6.07) is 15.1. The Morgan fingerprint density at radius 1 is 1.10 bits per heavy atom. The van der Waals surface area contributed by atoms with Gasteiger partial charge < -0.3 is 10.6 Å². The van der Waals surface area contributed by atoms with Crippen molar-refractivity contribution in [2.45, 2.75) is 6.54 Å². The first kappa shape index (κ1) is 15.0. The monoisotopic (exact) mass is 352 g/mol. The molecular weight excluding hydrogens is 340 g/mol. The minimum Gasteiger partial charge on any atom is -0.324 e. The SMILES string of the molecule is O=C(CNCc1ccccc1Cl)Nc1ccccc1Br. The number of carbonyl (C=O) groups is 1. The van der Waals surface area contributed by atoms with Gasteiger partial charge in [0.25, 0.3) is 0 Å². The molecule has 0 heterocycles. The topological polar surface area (TPSA) is 41.1 Å². The lowest BCUT2D eigenvalue weighted by atomic mass is 10.2. The molecule has 0 aliphatic rings. The molecule has 0 saturated heterocycles. The van der Waals surface area contributed by atoms with Crippen LogP contribution in [0.5, 0.6) is 0 Å². The number of hydrogen-bond acceptors (Lipinski definition) is 2. The van der Waals surface area contributed by atoms with Crippen molar-refractivity contribution in [1.29, 1.82) is 0 Å². The number of halogens is 2. The van der Waals surface area contributed by atoms with Gasteiger partial charge in [0.05, 0.1) is 12.2 Å². The van der Waals surface area contributed by atoms with Crippen molar-refractivity contribution >= 4 is 39.1 Å². The third-order valence-corrected chi connectivity index (χ3v) is 3.77. The van der Waals surface area contributed by atoms with Gasteiger partial charge in [-0.2, -0.15) is 0 Å². The van der Waals surface area contributed by atoms with E-state index in [1.807, 2.05) is 48.5 Å². The van der Waals surface area contributed by atoms with Gasteiger partial charge in [0, 0.05) is 16.0 Å². The largest absolute Gasteiger partial charge is 0.324 e. The summed E-state index contributed by atoms with van der Waals surface area (Å²) in [7, 11) is 0. The van der Waals surface area contributed by atoms with Gasteiger partial charge in [0.15, 0.2) is 0 Å². The molecule has 2 aromatic carbocycles. The third-order valence-electron chi connectivity index (χ3n) is 2.71. The van der Waals surface area contributed by atoms with Gasteiger partial charge in [-0.15, -0.1) is 0 Å². The Morgan fingerprint density at radius 2 is 1.80 bits per heavy atom. The van der Waals surface area contributed by atoms with Crippen molar-refractivity contribution in [3.63, 3.8) is 0 Å². The average Bonchev–Trinajstić information content (AvgIpc) is 2.43. The van der Waals surface area contributed by atoms with E-state index in [4.69, 9.17) is 11.6 Å². The van der Waals surface area contributed by atoms with Crippen LogP contribution in [0.4, 0.5) is 5.69 Å². The van der Waals surface area contributed by atoms with Gasteiger partial charge in [0.2, 0.25) is 5.91 Å². The summed E-state index contributed by atoms with van der Waals surface area (Å²) in [4.78, 5) is 11.8. The number of carbonyl (C=O) groups excluding carboxylic acids is 1. The van der Waals surface area contributed by atoms with Crippen molar-refractivity contribution in [3.05, 3.63) is 63.6 Å². The Bertz CT molecular complexity index is 604. The van der Waals surface area contributed by atoms with Crippen LogP contribution in [0.15, 0.2) is 53.0 Å². The molecule has 2 N–H and O–H groups in total. The minimum atomic E-state index is -0.0936. The summed E-state index contributed by atoms with van der Waals surface area (Å²) in [5, 5.41) is 6.60. The van der Waals surface area contributed by atoms with Crippen LogP contribution in [0.25, 0.3) is 0 Å². The molecule has 0 unspecified atom stereocenters. The Hall–Kier alpha value is -1.36. The van der Waals surface area contributed by atoms with Crippen molar-refractivity contribution in [1.82, 2.24) is 5.32 Å². The summed E-state index contributed by atoms with van der Waals surface area (Å²) in [5.74, 6) is -0.0936. The molecule has 5 heteroatoms. The maximum Gasteiger partial charge on any atom is 0.238 e. The van der Waals surface area contributed by atoms with Crippen LogP contribution in [0, 0.1) is 0 Å². The van der Waals surface area contributed by atoms with E-state index in [2.05, 4.69) is 26.6 Å². The first-order valence-electron chi connectivity index (χ1n) is 6.15. The van der Waals surface area contributed by atoms with Gasteiger partial charge in [0.1, 0.15) is 0 Å². The highest BCUT2D eigenvalue weighted by Gasteiger charge is 2.05. The number of nitrogens with one attached hydrogen (secondary N) is 2. The molecule has 1 amide bonds. The number of anilines is 1. The first-order valence-corrected chi connectivity index (χ1v) is 7.32. The summed E-state index contributed by atoms with van der Waals surface area (Å²) in [6.45, 7) is 0.787. The lowest BCUT2D eigenvalue weighted by molar-refractivity contribution is -0.115. The van der Waals surface area contributed by atoms with E-state index >= 15 is 0 Å². The molecule has 0 atom stereocenters. The minimum absolute atomic E-state index is 0.0936. The zero-order chi connectivity index (χ0) is 14.4. The Kier molecular flexibility index (Phi) is 5.59. The fraction of sp³-hybridized carbons (Fsp3) is 0.133. The molecule has 2 aromatic rings. The smallest absolute Gasteiger partial charge is 0.238 e. The number of rotatable bonds is 5. The highest BCUT2D eigenvalue weighted by Crippen LogP contribution is 2.20. The van der Waals surface area contributed by atoms with Crippen LogP contribution in [-0.4, -0.2) is 12.5 Å². The van der Waals surface area contributed by atoms with Crippen molar-refractivity contribution < 1.29 is 4.79 Å². The number of para-hydroxylation sites is 1. The first-order chi connectivity index (χ1) is 9.66. The lowest BCUT2D eigenvalue weighted by Crippen LogP contribution is -2.27. The quantitative estimate of drug-likeness (QED) is 0.857. The standard InChI is InChI=1S/C15H14BrClN2O/c16-12-6-2-4-8-14(12)19-15(20)10-18-9-11-5-1-3-7-13(11)17/h1-8,18H,9-10H2,(H,19,20). The van der Waals surface area contributed by atoms with Gasteiger partial charge in [-0.25, -0.2) is 0 Å². The third kappa shape index (κ3) is 4.34. The summed E-state index contributed by atoms with van der Waals surface area (Å²) >= 11 is 9.43. The average molecular weight is 354 g/mol. The van der Waals surface area contributed by atoms with E-state index in [1.54, 1.807) is 0 Å². The molecule has 0 bridgehead atoms. The van der Waals surface area contributed by atoms with Crippen LogP contribution in [0.2, 0.25) is 5.02 Å². The van der Waals surface area contributed by atoms with E-state index in [-0.39, 0.29) is 12.5 Å². The summed E-state index contributed by atoms with van der Waals surface area (Å²) in [6.07, 6.45) is 0. The molecule has 2 rings (SSSR count). The van der Waals surface area contributed by atoms with E-state index in [0.29, 0.717) is 11.6 Å². The molecule has 0 spiro atoms. The summed E-state index contributed by atoms with van der Waals surface area (Å²) in [5.41, 5.74) is 1.74. The van der Waals surface area contributed by atoms with E-state index < -0.39 is 0 Å². The Morgan fingerprint density at radius 3 is 2.55 bits per heavy atom. The highest BCUT2D eigenvalue weighted by atomic mass is 79.9. The summed E-state index contributed by atoms with van der Waals surface area (Å²) < 4.78 is 0.861. The second-order valence-corrected chi connectivity index (χ2v) is 5.48. The Labute approximate surface area is 131 Å². The number of amides is 1. The fourth-order valence-corrected chi connectivity index (χ4v) is 2.30. The second-order valence-electron chi connectivity index (χ2n) is 4.22. The van der Waals surface area contributed by atoms with Gasteiger partial charge >= 0.3 is 0 Å². The number of hydrogen-bond donors (Lipinski definition) is 2. The van der Waals surface area contributed by atoms with Crippen LogP contribution in [0.3, 0.4) is 0 Å². The van der Waals surface area contributed by atoms with Crippen molar-refractivity contribution in [2.75, 3.05) is 11.9 Å². The molecule has 0 fully saturated rings. The second kappa shape index (κ2) is 7.43. The van der Waals surface area contributed by atoms with Crippen molar-refractivity contribution in [3.8, 4) is 0 Å². The van der Waals surface area contributed by atoms with E-state index in [9.17, 15) is 4.79 Å². The molecule has 0 aliphatic carbocycles. The zero-order valence-corrected chi connectivity index (χ0v) is 13.0. The molecule has 0 radical (unpaired) electrons. The molecule has 0 aliphatic heterocycles. The van der Waals surface area contributed by atoms with Crippen LogP contribution >= 0.6 is 27.5 Å². The highest BCUT2D eigenvalue weighted by molar-refractivity contribution is 9.10. The molecule has 20 heavy (non-hydrogen) atoms. The molecular formula is C15H14BrClN2O. The molecule has 0 saturated carbocycles. The molecule has 104 valence electrons. The van der Waals surface area contributed by atoms with E-state index in [0.717, 1.165) is 15.7 Å². The maximum absolute atomic E-state index is 11.8.